The van der Waals surface area contributed by atoms with Gasteiger partial charge in [0.25, 0.3) is 0 Å². The van der Waals surface area contributed by atoms with E-state index in [-0.39, 0.29) is 4.90 Å². The molecule has 0 aliphatic heterocycles. The van der Waals surface area contributed by atoms with Gasteiger partial charge in [-0.15, -0.1) is 0 Å². The van der Waals surface area contributed by atoms with Crippen molar-refractivity contribution in [3.05, 3.63) is 18.2 Å². The lowest BCUT2D eigenvalue weighted by molar-refractivity contribution is 0.307. The maximum Gasteiger partial charge on any atom is 0.242 e. The third kappa shape index (κ3) is 4.11. The van der Waals surface area contributed by atoms with Crippen LogP contribution in [0.5, 0.6) is 5.75 Å². The quantitative estimate of drug-likeness (QED) is 0.615. The second-order valence-electron chi connectivity index (χ2n) is 4.54. The fourth-order valence-corrected chi connectivity index (χ4v) is 2.46. The molecule has 0 saturated heterocycles. The number of hydrogen-bond donors (Lipinski definition) is 1. The Hall–Kier alpha value is -1.27. The summed E-state index contributed by atoms with van der Waals surface area (Å²) >= 11 is 0. The fraction of sp³-hybridized carbons (Fsp3) is 0.538. The molecule has 19 heavy (non-hydrogen) atoms. The summed E-state index contributed by atoms with van der Waals surface area (Å²) in [4.78, 5) is 0.192. The monoisotopic (exact) mass is 286 g/mol. The highest BCUT2D eigenvalue weighted by Gasteiger charge is 2.18. The molecule has 0 atom stereocenters. The molecule has 0 bridgehead atoms. The van der Waals surface area contributed by atoms with Gasteiger partial charge >= 0.3 is 0 Å². The Morgan fingerprint density at radius 2 is 1.95 bits per heavy atom. The number of nitrogens with zero attached hydrogens (tertiary/aromatic N) is 1. The van der Waals surface area contributed by atoms with E-state index in [1.54, 1.807) is 6.07 Å². The number of unbranched alkanes of at least 4 members (excludes halogenated alkanes) is 2. The van der Waals surface area contributed by atoms with Gasteiger partial charge in [-0.1, -0.05) is 19.8 Å². The SMILES string of the molecule is CCCCCOc1cc(S(=O)(=O)N(C)C)ccc1N. The Morgan fingerprint density at radius 1 is 1.26 bits per heavy atom. The average molecular weight is 286 g/mol. The normalized spacial score (nSPS) is 11.8. The highest BCUT2D eigenvalue weighted by Crippen LogP contribution is 2.26. The first-order chi connectivity index (χ1) is 8.89. The van der Waals surface area contributed by atoms with E-state index >= 15 is 0 Å². The molecule has 0 fully saturated rings. The van der Waals surface area contributed by atoms with Gasteiger partial charge in [0, 0.05) is 20.2 Å². The van der Waals surface area contributed by atoms with Gasteiger partial charge in [-0.05, 0) is 18.6 Å². The lowest BCUT2D eigenvalue weighted by Gasteiger charge is -2.14. The number of nitrogen functional groups attached to an aromatic ring is 1. The van der Waals surface area contributed by atoms with Crippen LogP contribution in [0.2, 0.25) is 0 Å². The number of anilines is 1. The van der Waals surface area contributed by atoms with Crippen molar-refractivity contribution in [2.45, 2.75) is 31.1 Å². The highest BCUT2D eigenvalue weighted by molar-refractivity contribution is 7.89. The number of rotatable bonds is 7. The van der Waals surface area contributed by atoms with Gasteiger partial charge in [0.15, 0.2) is 0 Å². The second kappa shape index (κ2) is 6.77. The molecule has 0 saturated carbocycles. The molecule has 0 radical (unpaired) electrons. The number of sulfonamides is 1. The standard InChI is InChI=1S/C13H22N2O3S/c1-4-5-6-9-18-13-10-11(7-8-12(13)14)19(16,17)15(2)3/h7-8,10H,4-6,9,14H2,1-3H3. The van der Waals surface area contributed by atoms with Crippen LogP contribution in [-0.4, -0.2) is 33.4 Å². The lowest BCUT2D eigenvalue weighted by atomic mass is 10.2. The molecule has 1 aromatic carbocycles. The number of ether oxygens (including phenoxy) is 1. The minimum absolute atomic E-state index is 0.192. The first-order valence-electron chi connectivity index (χ1n) is 6.34. The van der Waals surface area contributed by atoms with Gasteiger partial charge in [0.05, 0.1) is 17.2 Å². The summed E-state index contributed by atoms with van der Waals surface area (Å²) in [5.74, 6) is 0.430. The topological polar surface area (TPSA) is 72.6 Å². The van der Waals surface area contributed by atoms with Gasteiger partial charge in [-0.25, -0.2) is 12.7 Å². The average Bonchev–Trinajstić information content (AvgIpc) is 2.36. The van der Waals surface area contributed by atoms with Crippen molar-refractivity contribution in [3.63, 3.8) is 0 Å². The van der Waals surface area contributed by atoms with Crippen molar-refractivity contribution < 1.29 is 13.2 Å². The van der Waals surface area contributed by atoms with E-state index < -0.39 is 10.0 Å². The van der Waals surface area contributed by atoms with E-state index in [0.717, 1.165) is 19.3 Å². The summed E-state index contributed by atoms with van der Waals surface area (Å²) in [5, 5.41) is 0. The summed E-state index contributed by atoms with van der Waals surface area (Å²) < 4.78 is 30.7. The van der Waals surface area contributed by atoms with Crippen LogP contribution in [0.25, 0.3) is 0 Å². The zero-order chi connectivity index (χ0) is 14.5. The predicted molar refractivity (Wildman–Crippen MR) is 76.7 cm³/mol. The van der Waals surface area contributed by atoms with E-state index in [4.69, 9.17) is 10.5 Å². The molecular weight excluding hydrogens is 264 g/mol. The van der Waals surface area contributed by atoms with Crippen LogP contribution >= 0.6 is 0 Å². The largest absolute Gasteiger partial charge is 0.491 e. The molecule has 1 aromatic rings. The molecule has 2 N–H and O–H groups in total. The molecule has 0 amide bonds. The number of benzene rings is 1. The maximum atomic E-state index is 12.0. The van der Waals surface area contributed by atoms with Crippen LogP contribution in [-0.2, 0) is 10.0 Å². The summed E-state index contributed by atoms with van der Waals surface area (Å²) in [7, 11) is -0.467. The molecule has 6 heteroatoms. The number of nitrogens with two attached hydrogens (primary N) is 1. The molecule has 0 unspecified atom stereocenters. The van der Waals surface area contributed by atoms with Crippen LogP contribution in [0, 0.1) is 0 Å². The van der Waals surface area contributed by atoms with Crippen LogP contribution in [0.4, 0.5) is 5.69 Å². The smallest absolute Gasteiger partial charge is 0.242 e. The molecule has 0 spiro atoms. The molecule has 0 aromatic heterocycles. The van der Waals surface area contributed by atoms with E-state index in [2.05, 4.69) is 6.92 Å². The van der Waals surface area contributed by atoms with Crippen molar-refractivity contribution in [1.29, 1.82) is 0 Å². The Labute approximate surface area is 115 Å². The Bertz CT molecular complexity index is 513. The van der Waals surface area contributed by atoms with E-state index in [9.17, 15) is 8.42 Å². The van der Waals surface area contributed by atoms with Crippen molar-refractivity contribution in [2.75, 3.05) is 26.4 Å². The van der Waals surface area contributed by atoms with Gasteiger partial charge in [0.2, 0.25) is 10.0 Å². The van der Waals surface area contributed by atoms with Crippen molar-refractivity contribution in [3.8, 4) is 5.75 Å². The minimum Gasteiger partial charge on any atom is -0.491 e. The van der Waals surface area contributed by atoms with E-state index in [1.807, 2.05) is 0 Å². The molecule has 0 aliphatic rings. The zero-order valence-electron chi connectivity index (χ0n) is 11.7. The molecule has 0 aliphatic carbocycles. The maximum absolute atomic E-state index is 12.0. The fourth-order valence-electron chi connectivity index (χ4n) is 1.55. The van der Waals surface area contributed by atoms with E-state index in [1.165, 1.54) is 30.5 Å². The summed E-state index contributed by atoms with van der Waals surface area (Å²) in [5.41, 5.74) is 6.24. The Kier molecular flexibility index (Phi) is 5.62. The molecule has 0 heterocycles. The zero-order valence-corrected chi connectivity index (χ0v) is 12.5. The summed E-state index contributed by atoms with van der Waals surface area (Å²) in [6, 6.07) is 4.53. The molecule has 5 nitrogen and oxygen atoms in total. The first-order valence-corrected chi connectivity index (χ1v) is 7.78. The number of hydrogen-bond acceptors (Lipinski definition) is 4. The molecule has 1 rings (SSSR count). The van der Waals surface area contributed by atoms with Gasteiger partial charge in [-0.2, -0.15) is 0 Å². The van der Waals surface area contributed by atoms with Crippen molar-refractivity contribution in [1.82, 2.24) is 4.31 Å². The van der Waals surface area contributed by atoms with Gasteiger partial charge in [0.1, 0.15) is 5.75 Å². The molecular formula is C13H22N2O3S. The van der Waals surface area contributed by atoms with Crippen molar-refractivity contribution >= 4 is 15.7 Å². The summed E-state index contributed by atoms with van der Waals surface area (Å²) in [6.07, 6.45) is 3.12. The lowest BCUT2D eigenvalue weighted by Crippen LogP contribution is -2.22. The van der Waals surface area contributed by atoms with Crippen LogP contribution in [0.1, 0.15) is 26.2 Å². The first kappa shape index (κ1) is 15.8. The van der Waals surface area contributed by atoms with Gasteiger partial charge < -0.3 is 10.5 Å². The van der Waals surface area contributed by atoms with Crippen LogP contribution in [0.3, 0.4) is 0 Å². The highest BCUT2D eigenvalue weighted by atomic mass is 32.2. The van der Waals surface area contributed by atoms with Gasteiger partial charge in [-0.3, -0.25) is 0 Å². The Morgan fingerprint density at radius 3 is 2.53 bits per heavy atom. The predicted octanol–water partition coefficient (Wildman–Crippen LogP) is 2.09. The second-order valence-corrected chi connectivity index (χ2v) is 6.69. The summed E-state index contributed by atoms with van der Waals surface area (Å²) in [6.45, 7) is 2.65. The third-order valence-electron chi connectivity index (χ3n) is 2.77. The Balaban J connectivity index is 2.89. The molecule has 108 valence electrons. The van der Waals surface area contributed by atoms with Crippen LogP contribution in [0.15, 0.2) is 23.1 Å². The van der Waals surface area contributed by atoms with Crippen molar-refractivity contribution in [2.24, 2.45) is 0 Å². The van der Waals surface area contributed by atoms with Crippen LogP contribution < -0.4 is 10.5 Å². The van der Waals surface area contributed by atoms with E-state index in [0.29, 0.717) is 18.0 Å². The minimum atomic E-state index is -3.45. The third-order valence-corrected chi connectivity index (χ3v) is 4.58.